The van der Waals surface area contributed by atoms with Gasteiger partial charge in [-0.05, 0) is 6.92 Å². The number of rotatable bonds is 2. The van der Waals surface area contributed by atoms with E-state index in [1.54, 1.807) is 13.0 Å². The first-order valence-electron chi connectivity index (χ1n) is 2.79. The van der Waals surface area contributed by atoms with Crippen molar-refractivity contribution in [2.45, 2.75) is 6.92 Å². The molecule has 1 rings (SSSR count). The minimum absolute atomic E-state index is 0.384. The zero-order chi connectivity index (χ0) is 8.27. The normalized spacial score (nSPS) is 9.64. The van der Waals surface area contributed by atoms with Crippen molar-refractivity contribution >= 4 is 30.4 Å². The van der Waals surface area contributed by atoms with Gasteiger partial charge < -0.3 is 8.60 Å². The summed E-state index contributed by atoms with van der Waals surface area (Å²) in [6.07, 6.45) is 0. The van der Waals surface area contributed by atoms with Crippen LogP contribution in [0.25, 0.3) is 0 Å². The minimum Gasteiger partial charge on any atom is -0.428 e. The molecule has 0 spiro atoms. The molecule has 0 fully saturated rings. The van der Waals surface area contributed by atoms with Gasteiger partial charge in [0.05, 0.1) is 6.07 Å². The number of halogens is 1. The summed E-state index contributed by atoms with van der Waals surface area (Å²) < 4.78 is 9.73. The second kappa shape index (κ2) is 4.01. The first-order chi connectivity index (χ1) is 5.22. The molecule has 1 aromatic rings. The molecule has 0 unspecified atom stereocenters. The Bertz CT molecular complexity index is 296. The molecule has 60 valence electrons. The van der Waals surface area contributed by atoms with Crippen LogP contribution in [0, 0.1) is 6.92 Å². The van der Waals surface area contributed by atoms with Crippen LogP contribution < -0.4 is 9.81 Å². The van der Waals surface area contributed by atoms with Gasteiger partial charge >= 0.3 is 5.63 Å². The van der Waals surface area contributed by atoms with Gasteiger partial charge in [-0.2, -0.15) is 0 Å². The summed E-state index contributed by atoms with van der Waals surface area (Å²) >= 11 is 1.98. The lowest BCUT2D eigenvalue weighted by molar-refractivity contribution is 0.471. The van der Waals surface area contributed by atoms with Crippen molar-refractivity contribution in [2.24, 2.45) is 0 Å². The lowest BCUT2D eigenvalue weighted by atomic mass is 10.4. The maximum atomic E-state index is 10.7. The van der Waals surface area contributed by atoms with Crippen molar-refractivity contribution in [3.05, 3.63) is 28.3 Å². The van der Waals surface area contributed by atoms with Gasteiger partial charge in [-0.25, -0.2) is 4.79 Å². The highest BCUT2D eigenvalue weighted by Crippen LogP contribution is 2.19. The first kappa shape index (κ1) is 8.92. The molecular formula is C6H5IO3S. The van der Waals surface area contributed by atoms with Crippen molar-refractivity contribution in [1.82, 2.24) is 0 Å². The molecule has 0 amide bonds. The van der Waals surface area contributed by atoms with E-state index < -0.39 is 0 Å². The maximum Gasteiger partial charge on any atom is 0.339 e. The maximum absolute atomic E-state index is 10.7. The Morgan fingerprint density at radius 1 is 1.64 bits per heavy atom. The predicted octanol–water partition coefficient (Wildman–Crippen LogP) is 2.33. The SMILES string of the molecule is Cc1cc(OSI)cc(=O)o1. The van der Waals surface area contributed by atoms with Crippen LogP contribution in [0.4, 0.5) is 0 Å². The predicted molar refractivity (Wildman–Crippen MR) is 52.0 cm³/mol. The second-order valence-corrected chi connectivity index (χ2v) is 3.24. The molecule has 0 aliphatic rings. The molecule has 0 N–H and O–H groups in total. The summed E-state index contributed by atoms with van der Waals surface area (Å²) in [4.78, 5) is 10.7. The Morgan fingerprint density at radius 2 is 2.36 bits per heavy atom. The Balaban J connectivity index is 2.99. The molecular weight excluding hydrogens is 279 g/mol. The fourth-order valence-electron chi connectivity index (χ4n) is 0.660. The largest absolute Gasteiger partial charge is 0.428 e. The minimum atomic E-state index is -0.384. The molecule has 0 aromatic carbocycles. The molecule has 0 bridgehead atoms. The molecule has 0 aliphatic carbocycles. The zero-order valence-electron chi connectivity index (χ0n) is 5.67. The highest BCUT2D eigenvalue weighted by atomic mass is 127. The van der Waals surface area contributed by atoms with Crippen LogP contribution in [0.2, 0.25) is 0 Å². The summed E-state index contributed by atoms with van der Waals surface area (Å²) in [5.74, 6) is 1.08. The highest BCUT2D eigenvalue weighted by Gasteiger charge is 1.97. The summed E-state index contributed by atoms with van der Waals surface area (Å²) in [6, 6.07) is 2.96. The molecule has 3 nitrogen and oxygen atoms in total. The van der Waals surface area contributed by atoms with E-state index in [4.69, 9.17) is 8.60 Å². The fraction of sp³-hybridized carbons (Fsp3) is 0.167. The van der Waals surface area contributed by atoms with Gasteiger partial charge in [-0.15, -0.1) is 0 Å². The van der Waals surface area contributed by atoms with Crippen LogP contribution in [0.15, 0.2) is 21.3 Å². The van der Waals surface area contributed by atoms with Gasteiger partial charge in [-0.1, -0.05) is 0 Å². The molecule has 0 aliphatic heterocycles. The average molecular weight is 284 g/mol. The van der Waals surface area contributed by atoms with Gasteiger partial charge in [0.15, 0.2) is 0 Å². The van der Waals surface area contributed by atoms with Crippen molar-refractivity contribution < 1.29 is 8.60 Å². The van der Waals surface area contributed by atoms with Crippen LogP contribution in [0.1, 0.15) is 5.76 Å². The highest BCUT2D eigenvalue weighted by molar-refractivity contribution is 14.2. The lowest BCUT2D eigenvalue weighted by Crippen LogP contribution is -1.97. The topological polar surface area (TPSA) is 39.4 Å². The molecule has 11 heavy (non-hydrogen) atoms. The van der Waals surface area contributed by atoms with Crippen molar-refractivity contribution in [2.75, 3.05) is 0 Å². The van der Waals surface area contributed by atoms with Crippen LogP contribution >= 0.6 is 30.4 Å². The standard InChI is InChI=1S/C6H5IO3S/c1-4-2-5(10-11-7)3-6(8)9-4/h2-3H,1H3. The van der Waals surface area contributed by atoms with Gasteiger partial charge in [-0.3, -0.25) is 0 Å². The van der Waals surface area contributed by atoms with Gasteiger partial charge in [0.1, 0.15) is 20.7 Å². The summed E-state index contributed by atoms with van der Waals surface area (Å²) in [5, 5.41) is 0. The van der Waals surface area contributed by atoms with E-state index in [2.05, 4.69) is 0 Å². The van der Waals surface area contributed by atoms with Crippen LogP contribution in [0.5, 0.6) is 5.75 Å². The fourth-order valence-corrected chi connectivity index (χ4v) is 1.45. The molecule has 5 heteroatoms. The average Bonchev–Trinajstić information content (AvgIpc) is 1.85. The van der Waals surface area contributed by atoms with Crippen molar-refractivity contribution in [3.8, 4) is 5.75 Å². The van der Waals surface area contributed by atoms with Gasteiger partial charge in [0.25, 0.3) is 0 Å². The summed E-state index contributed by atoms with van der Waals surface area (Å²) in [5.41, 5.74) is -0.384. The smallest absolute Gasteiger partial charge is 0.339 e. The Labute approximate surface area is 79.9 Å². The van der Waals surface area contributed by atoms with Crippen LogP contribution in [0.3, 0.4) is 0 Å². The van der Waals surface area contributed by atoms with E-state index in [0.29, 0.717) is 11.5 Å². The lowest BCUT2D eigenvalue weighted by Gasteiger charge is -1.97. The molecule has 1 aromatic heterocycles. The third-order valence-electron chi connectivity index (χ3n) is 0.995. The van der Waals surface area contributed by atoms with Crippen LogP contribution in [-0.4, -0.2) is 0 Å². The van der Waals surface area contributed by atoms with Crippen LogP contribution in [-0.2, 0) is 0 Å². The summed E-state index contributed by atoms with van der Waals surface area (Å²) in [7, 11) is 1.16. The van der Waals surface area contributed by atoms with E-state index in [1.165, 1.54) is 6.07 Å². The Hall–Kier alpha value is -0.170. The zero-order valence-corrected chi connectivity index (χ0v) is 8.64. The van der Waals surface area contributed by atoms with Crippen molar-refractivity contribution in [1.29, 1.82) is 0 Å². The number of hydrogen-bond acceptors (Lipinski definition) is 4. The Morgan fingerprint density at radius 3 is 2.91 bits per heavy atom. The quantitative estimate of drug-likeness (QED) is 0.617. The van der Waals surface area contributed by atoms with Gasteiger partial charge in [0.2, 0.25) is 0 Å². The molecule has 0 saturated heterocycles. The van der Waals surface area contributed by atoms with E-state index in [-0.39, 0.29) is 5.63 Å². The third kappa shape index (κ3) is 2.74. The third-order valence-corrected chi connectivity index (χ3v) is 1.79. The van der Waals surface area contributed by atoms with E-state index in [9.17, 15) is 4.79 Å². The first-order valence-corrected chi connectivity index (χ1v) is 6.08. The monoisotopic (exact) mass is 284 g/mol. The Kier molecular flexibility index (Phi) is 3.25. The molecule has 0 atom stereocenters. The number of hydrogen-bond donors (Lipinski definition) is 0. The summed E-state index contributed by atoms with van der Waals surface area (Å²) in [6.45, 7) is 1.70. The van der Waals surface area contributed by atoms with Gasteiger partial charge in [0, 0.05) is 27.3 Å². The van der Waals surface area contributed by atoms with E-state index >= 15 is 0 Å². The molecule has 1 heterocycles. The van der Waals surface area contributed by atoms with E-state index in [0.717, 1.165) is 9.21 Å². The van der Waals surface area contributed by atoms with Crippen molar-refractivity contribution in [3.63, 3.8) is 0 Å². The van der Waals surface area contributed by atoms with E-state index in [1.807, 2.05) is 21.2 Å². The molecule has 0 saturated carbocycles. The molecule has 0 radical (unpaired) electrons. The number of aryl methyl sites for hydroxylation is 1. The second-order valence-electron chi connectivity index (χ2n) is 1.87.